The third-order valence-corrected chi connectivity index (χ3v) is 21.8. The van der Waals surface area contributed by atoms with Gasteiger partial charge in [0.05, 0.1) is 0 Å². The Balaban J connectivity index is 2.28. The molecule has 0 amide bonds. The second-order valence-electron chi connectivity index (χ2n) is 7.29. The van der Waals surface area contributed by atoms with Gasteiger partial charge >= 0.3 is 186 Å². The van der Waals surface area contributed by atoms with Crippen LogP contribution in [0.1, 0.15) is 6.92 Å². The van der Waals surface area contributed by atoms with E-state index in [1.807, 2.05) is 79.7 Å². The summed E-state index contributed by atoms with van der Waals surface area (Å²) in [5.41, 5.74) is 0. The summed E-state index contributed by atoms with van der Waals surface area (Å²) >= 11 is -5.05. The van der Waals surface area contributed by atoms with E-state index >= 15 is 0 Å². The Kier molecular flexibility index (Phi) is 6.11. The Hall–Kier alpha value is -3.09. The molecule has 3 heteroatoms. The first kappa shape index (κ1) is 21.2. The van der Waals surface area contributed by atoms with Crippen molar-refractivity contribution in [1.82, 2.24) is 0 Å². The molecule has 2 nitrogen and oxygen atoms in total. The number of hydrogen-bond acceptors (Lipinski definition) is 2. The summed E-state index contributed by atoms with van der Waals surface area (Å²) in [5.74, 6) is -0.329. The third kappa shape index (κ3) is 3.42. The quantitative estimate of drug-likeness (QED) is 0.290. The van der Waals surface area contributed by atoms with Crippen molar-refractivity contribution in [1.29, 1.82) is 0 Å². The minimum atomic E-state index is -5.05. The number of benzene rings is 4. The van der Waals surface area contributed by atoms with Crippen LogP contribution >= 0.6 is 0 Å². The summed E-state index contributed by atoms with van der Waals surface area (Å²) in [6, 6.07) is 41.1. The summed E-state index contributed by atoms with van der Waals surface area (Å²) in [4.78, 5) is 13.3. The predicted octanol–water partition coefficient (Wildman–Crippen LogP) is 3.63. The molecule has 0 aliphatic carbocycles. The molecular weight excluding hydrogens is 490 g/mol. The van der Waals surface area contributed by atoms with Gasteiger partial charge in [-0.1, -0.05) is 0 Å². The molecule has 4 aromatic rings. The molecule has 0 heterocycles. The summed E-state index contributed by atoms with van der Waals surface area (Å²) < 4.78 is 11.1. The molecule has 0 radical (unpaired) electrons. The Morgan fingerprint density at radius 3 is 1.13 bits per heavy atom. The summed E-state index contributed by atoms with van der Waals surface area (Å²) in [6.07, 6.45) is 3.25. The molecule has 0 N–H and O–H groups in total. The van der Waals surface area contributed by atoms with E-state index in [0.717, 1.165) is 14.0 Å². The van der Waals surface area contributed by atoms with E-state index in [4.69, 9.17) is 3.02 Å². The average Bonchev–Trinajstić information content (AvgIpc) is 2.85. The van der Waals surface area contributed by atoms with E-state index in [2.05, 4.69) is 48.5 Å². The van der Waals surface area contributed by atoms with E-state index in [0.29, 0.717) is 0 Å². The first-order valence-corrected chi connectivity index (χ1v) is 16.5. The SMILES string of the molecule is C/C=C/C(=O)[O][Sb]([c]1ccccc1)([c]1ccccc1)([c]1ccccc1)[c]1ccccc1. The van der Waals surface area contributed by atoms with E-state index in [1.165, 1.54) is 6.08 Å². The summed E-state index contributed by atoms with van der Waals surface area (Å²) in [5, 5.41) is 0. The molecule has 0 saturated carbocycles. The van der Waals surface area contributed by atoms with Crippen molar-refractivity contribution in [2.45, 2.75) is 6.92 Å². The van der Waals surface area contributed by atoms with Gasteiger partial charge in [0.1, 0.15) is 0 Å². The van der Waals surface area contributed by atoms with Crippen molar-refractivity contribution in [3.05, 3.63) is 133 Å². The van der Waals surface area contributed by atoms with Gasteiger partial charge in [-0.05, 0) is 0 Å². The number of carbonyl (C=O) groups excluding carboxylic acids is 1. The van der Waals surface area contributed by atoms with Crippen molar-refractivity contribution >= 4 is 37.8 Å². The molecule has 0 fully saturated rings. The third-order valence-electron chi connectivity index (χ3n) is 5.57. The molecule has 0 spiro atoms. The topological polar surface area (TPSA) is 26.3 Å². The van der Waals surface area contributed by atoms with Crippen LogP contribution in [0.25, 0.3) is 0 Å². The van der Waals surface area contributed by atoms with Crippen LogP contribution < -0.4 is 14.0 Å². The Bertz CT molecular complexity index is 1000. The van der Waals surface area contributed by atoms with Crippen molar-refractivity contribution in [2.75, 3.05) is 0 Å². The van der Waals surface area contributed by atoms with Crippen LogP contribution in [0.15, 0.2) is 133 Å². The average molecular weight is 515 g/mol. The maximum atomic E-state index is 13.3. The van der Waals surface area contributed by atoms with Crippen LogP contribution in [-0.2, 0) is 7.81 Å². The first-order chi connectivity index (χ1) is 15.2. The van der Waals surface area contributed by atoms with Crippen LogP contribution in [0.2, 0.25) is 0 Å². The minimum absolute atomic E-state index is 0.329. The zero-order chi connectivity index (χ0) is 21.6. The molecule has 0 bridgehead atoms. The van der Waals surface area contributed by atoms with Crippen LogP contribution in [0, 0.1) is 0 Å². The Labute approximate surface area is 185 Å². The standard InChI is InChI=1S/4C6H5.C4H6O2.Sb/c4*1-2-4-6-5-3-1;1-2-3-4(5)6;/h4*1-5H;2-3H,1H3,(H,5,6);/q;;;;;+1/p-1/b;;;;3-2+;. The molecule has 0 atom stereocenters. The van der Waals surface area contributed by atoms with Crippen molar-refractivity contribution in [3.8, 4) is 0 Å². The fraction of sp³-hybridized carbons (Fsp3) is 0.0357. The molecule has 0 unspecified atom stereocenters. The van der Waals surface area contributed by atoms with Gasteiger partial charge in [-0.15, -0.1) is 0 Å². The molecule has 154 valence electrons. The monoisotopic (exact) mass is 514 g/mol. The summed E-state index contributed by atoms with van der Waals surface area (Å²) in [6.45, 7) is 1.83. The van der Waals surface area contributed by atoms with Gasteiger partial charge in [-0.25, -0.2) is 0 Å². The molecule has 0 aliphatic heterocycles. The molecule has 0 aliphatic rings. The van der Waals surface area contributed by atoms with Gasteiger partial charge in [0.25, 0.3) is 0 Å². The molecule has 4 rings (SSSR count). The van der Waals surface area contributed by atoms with Crippen molar-refractivity contribution in [3.63, 3.8) is 0 Å². The van der Waals surface area contributed by atoms with Gasteiger partial charge in [0.2, 0.25) is 0 Å². The van der Waals surface area contributed by atoms with Crippen LogP contribution in [0.5, 0.6) is 0 Å². The summed E-state index contributed by atoms with van der Waals surface area (Å²) in [7, 11) is 0. The first-order valence-electron chi connectivity index (χ1n) is 10.3. The molecule has 31 heavy (non-hydrogen) atoms. The van der Waals surface area contributed by atoms with Gasteiger partial charge in [0.15, 0.2) is 0 Å². The van der Waals surface area contributed by atoms with Gasteiger partial charge in [-0.2, -0.15) is 0 Å². The second kappa shape index (κ2) is 8.96. The molecular formula is C28H25O2Sb. The number of rotatable bonds is 6. The zero-order valence-electron chi connectivity index (χ0n) is 17.5. The van der Waals surface area contributed by atoms with Gasteiger partial charge in [0, 0.05) is 0 Å². The predicted molar refractivity (Wildman–Crippen MR) is 131 cm³/mol. The molecule has 0 saturated heterocycles. The number of hydrogen-bond donors (Lipinski definition) is 0. The van der Waals surface area contributed by atoms with E-state index in [1.54, 1.807) is 6.08 Å². The van der Waals surface area contributed by atoms with E-state index < -0.39 is 17.8 Å². The fourth-order valence-corrected chi connectivity index (χ4v) is 20.3. The van der Waals surface area contributed by atoms with Crippen molar-refractivity contribution < 1.29 is 7.81 Å². The van der Waals surface area contributed by atoms with E-state index in [9.17, 15) is 4.79 Å². The zero-order valence-corrected chi connectivity index (χ0v) is 20.0. The molecule has 0 aromatic heterocycles. The van der Waals surface area contributed by atoms with Gasteiger partial charge < -0.3 is 0 Å². The van der Waals surface area contributed by atoms with Crippen LogP contribution in [0.4, 0.5) is 0 Å². The Morgan fingerprint density at radius 2 is 0.871 bits per heavy atom. The van der Waals surface area contributed by atoms with Crippen LogP contribution in [-0.4, -0.2) is 23.8 Å². The fourth-order valence-electron chi connectivity index (χ4n) is 4.30. The number of carbonyl (C=O) groups is 1. The van der Waals surface area contributed by atoms with Crippen LogP contribution in [0.3, 0.4) is 0 Å². The normalized spacial score (nSPS) is 12.7. The van der Waals surface area contributed by atoms with E-state index in [-0.39, 0.29) is 5.97 Å². The molecule has 4 aromatic carbocycles. The Morgan fingerprint density at radius 1 is 0.581 bits per heavy atom. The van der Waals surface area contributed by atoms with Gasteiger partial charge in [-0.3, -0.25) is 0 Å². The number of allylic oxidation sites excluding steroid dienone is 1. The maximum absolute atomic E-state index is 13.3. The van der Waals surface area contributed by atoms with Crippen molar-refractivity contribution in [2.24, 2.45) is 0 Å². The second-order valence-corrected chi connectivity index (χ2v) is 19.6.